The van der Waals surface area contributed by atoms with E-state index in [2.05, 4.69) is 29.9 Å². The van der Waals surface area contributed by atoms with E-state index in [1.165, 1.54) is 18.6 Å². The number of amides is 3. The largest absolute Gasteiger partial charge is 0.490 e. The van der Waals surface area contributed by atoms with Crippen LogP contribution in [-0.4, -0.2) is 145 Å². The number of nitrogens with zero attached hydrogens (tertiary/aromatic N) is 7. The Kier molecular flexibility index (Phi) is 32.9. The molecule has 4 aromatic heterocycles. The first kappa shape index (κ1) is 82.4. The first-order chi connectivity index (χ1) is 45.1. The predicted octanol–water partition coefficient (Wildman–Crippen LogP) is 9.61. The van der Waals surface area contributed by atoms with Crippen molar-refractivity contribution in [1.29, 1.82) is 0 Å². The van der Waals surface area contributed by atoms with E-state index in [1.54, 1.807) is 58.4 Å². The van der Waals surface area contributed by atoms with Crippen molar-refractivity contribution in [1.82, 2.24) is 50.9 Å². The summed E-state index contributed by atoms with van der Waals surface area (Å²) in [4.78, 5) is 103. The summed E-state index contributed by atoms with van der Waals surface area (Å²) in [7, 11) is -0.753. The Morgan fingerprint density at radius 2 is 1.08 bits per heavy atom. The van der Waals surface area contributed by atoms with Crippen LogP contribution >= 0.6 is 69.6 Å². The lowest BCUT2D eigenvalue weighted by Gasteiger charge is -2.32. The van der Waals surface area contributed by atoms with Crippen molar-refractivity contribution >= 4 is 118 Å². The molecule has 0 aliphatic carbocycles. The summed E-state index contributed by atoms with van der Waals surface area (Å²) in [6.07, 6.45) is 7.03. The number of carbonyl (C=O) groups excluding carboxylic acids is 4. The molecule has 10 rings (SSSR count). The number of rotatable bonds is 11. The monoisotopic (exact) mass is 1450 g/mol. The number of primary amides is 2. The number of ether oxygens (including phenoxy) is 3. The van der Waals surface area contributed by atoms with E-state index in [-0.39, 0.29) is 73.4 Å². The number of aliphatic hydroxyl groups is 1. The van der Waals surface area contributed by atoms with E-state index in [9.17, 15) is 33.6 Å². The van der Waals surface area contributed by atoms with Crippen LogP contribution < -0.4 is 43.8 Å². The van der Waals surface area contributed by atoms with Crippen LogP contribution in [0.5, 0.6) is 23.0 Å². The Labute approximate surface area is 586 Å². The number of carboxylic acid groups (broad SMARTS) is 1. The first-order valence-electron chi connectivity index (χ1n) is 27.9. The summed E-state index contributed by atoms with van der Waals surface area (Å²) in [6.45, 7) is 15.0. The van der Waals surface area contributed by atoms with Crippen LogP contribution in [0.4, 0.5) is 4.79 Å². The second-order valence-electron chi connectivity index (χ2n) is 21.2. The molecule has 4 aromatic carbocycles. The summed E-state index contributed by atoms with van der Waals surface area (Å²) >= 11 is 32.6. The van der Waals surface area contributed by atoms with Gasteiger partial charge in [-0.3, -0.25) is 24.2 Å². The second kappa shape index (κ2) is 38.8. The summed E-state index contributed by atoms with van der Waals surface area (Å²) < 4.78 is 28.8. The maximum Gasteiger partial charge on any atom is 0.490 e. The van der Waals surface area contributed by atoms with Gasteiger partial charge in [-0.15, -0.1) is 0 Å². The van der Waals surface area contributed by atoms with Crippen molar-refractivity contribution < 1.29 is 67.8 Å². The minimum Gasteiger partial charge on any atom is -0.477 e. The van der Waals surface area contributed by atoms with Crippen molar-refractivity contribution in [2.75, 3.05) is 20.2 Å². The zero-order valence-corrected chi connectivity index (χ0v) is 57.5. The highest BCUT2D eigenvalue weighted by Gasteiger charge is 2.52. The van der Waals surface area contributed by atoms with Crippen LogP contribution in [0, 0.1) is 0 Å². The highest BCUT2D eigenvalue weighted by molar-refractivity contribution is 6.68. The minimum absolute atomic E-state index is 0. The number of hydrogen-bond acceptors (Lipinski definition) is 22. The molecular formula is C61H66B2Cl6N12O16. The van der Waals surface area contributed by atoms with Gasteiger partial charge < -0.3 is 71.3 Å². The van der Waals surface area contributed by atoms with Crippen LogP contribution in [0.2, 0.25) is 26.2 Å². The van der Waals surface area contributed by atoms with Crippen molar-refractivity contribution in [3.05, 3.63) is 215 Å². The Morgan fingerprint density at radius 3 is 1.47 bits per heavy atom. The quantitative estimate of drug-likeness (QED) is 0.0252. The molecule has 0 radical (unpaired) electrons. The zero-order chi connectivity index (χ0) is 71.7. The van der Waals surface area contributed by atoms with Gasteiger partial charge in [0.2, 0.25) is 15.9 Å². The second-order valence-corrected chi connectivity index (χ2v) is 23.3. The normalized spacial score (nSPS) is 12.9. The number of aromatic carboxylic acids is 1. The SMILES string of the molecule is CC(C)(C)OC(=O)N1CC=C(B2OC(C)(C)C(C)(C)O2)CC1.CO.N.NC(=O)c1cnc(Cl)nc1-c1ccc(Oc2ccccc2)cc1.NC(=O)c1cnc(Cl)nc1Cl.O=C(Cl)c1cnc(Cl)nc1Cl.O=C(O)c1c[nH]c(=O)[nH]c1=O.OB(O)c1ccc(Oc2ccccc2)cc1. The number of benzene rings is 4. The van der Waals surface area contributed by atoms with Gasteiger partial charge in [-0.05, 0) is 173 Å². The zero-order valence-electron chi connectivity index (χ0n) is 53.0. The number of carbonyl (C=O) groups is 5. The van der Waals surface area contributed by atoms with Crippen molar-refractivity contribution in [3.63, 3.8) is 0 Å². The number of H-pyrrole nitrogens is 2. The molecule has 1 fully saturated rings. The molecule has 0 atom stereocenters. The van der Waals surface area contributed by atoms with Crippen LogP contribution in [0.3, 0.4) is 0 Å². The lowest BCUT2D eigenvalue weighted by Crippen LogP contribution is -2.41. The number of para-hydroxylation sites is 2. The third-order valence-electron chi connectivity index (χ3n) is 12.7. The number of aliphatic hydroxyl groups excluding tert-OH is 1. The van der Waals surface area contributed by atoms with Gasteiger partial charge in [-0.2, -0.15) is 0 Å². The van der Waals surface area contributed by atoms with Crippen LogP contribution in [0.25, 0.3) is 11.3 Å². The Bertz CT molecular complexity index is 4010. The summed E-state index contributed by atoms with van der Waals surface area (Å²) in [5.74, 6) is 0.162. The van der Waals surface area contributed by atoms with Gasteiger partial charge in [0.05, 0.1) is 33.6 Å². The molecule has 3 amide bonds. The van der Waals surface area contributed by atoms with Crippen molar-refractivity contribution in [2.24, 2.45) is 11.5 Å². The Hall–Kier alpha value is -8.88. The number of aromatic amines is 2. The maximum absolute atomic E-state index is 12.1. The molecule has 1 saturated heterocycles. The molecule has 0 unspecified atom stereocenters. The molecule has 0 bridgehead atoms. The third kappa shape index (κ3) is 26.9. The predicted molar refractivity (Wildman–Crippen MR) is 367 cm³/mol. The Balaban J connectivity index is 0.000000309. The van der Waals surface area contributed by atoms with Crippen molar-refractivity contribution in [2.45, 2.75) is 71.7 Å². The maximum atomic E-state index is 12.1. The van der Waals surface area contributed by atoms with Gasteiger partial charge >= 0.3 is 32.0 Å². The highest BCUT2D eigenvalue weighted by Crippen LogP contribution is 2.39. The van der Waals surface area contributed by atoms with Crippen molar-refractivity contribution in [3.8, 4) is 34.3 Å². The lowest BCUT2D eigenvalue weighted by molar-refractivity contribution is 0.00578. The molecule has 2 aliphatic rings. The van der Waals surface area contributed by atoms with Gasteiger partial charge in [0.1, 0.15) is 44.5 Å². The smallest absolute Gasteiger partial charge is 0.477 e. The molecule has 8 aromatic rings. The van der Waals surface area contributed by atoms with E-state index in [0.717, 1.165) is 36.7 Å². The number of carboxylic acids is 1. The fraction of sp³-hybridized carbons (Fsp3) is 0.230. The third-order valence-corrected chi connectivity index (χ3v) is 14.0. The number of nitrogens with two attached hydrogens (primary N) is 2. The standard InChI is InChI=1S/C17H12ClN3O2.C16H28BNO4.C12H11BO3.C5HCl3N2O.C5H3Cl2N3O.C5H4N2O4.CH4O.H3N/c18-17-20-10-14(16(19)22)15(21-17)11-6-8-13(9-7-11)23-12-4-2-1-3-5-12;1-14(2,3)20-13(19)18-10-8-12(9-11-18)17-21-15(4,5)16(6,7)22-17;14-13(15)10-6-8-12(9-7-10)16-11-4-2-1-3-5-11;6-3-2(4(7)11)1-9-5(8)10-3;6-3-2(4(8)11)1-9-5(7)10-3;8-3-2(4(9)10)1-6-5(11)7-3;1-2;/h1-10H,(H2,19,22);8H,9-11H2,1-7H3;1-9,14-15H;1H;1H,(H2,8,11);1H,(H,9,10)(H2,6,7,8,11);2H,1H3;1H3. The van der Waals surface area contributed by atoms with E-state index < -0.39 is 52.6 Å². The summed E-state index contributed by atoms with van der Waals surface area (Å²) in [6, 6.07) is 32.6. The van der Waals surface area contributed by atoms with E-state index in [0.29, 0.717) is 41.3 Å². The molecular weight excluding hydrogens is 1390 g/mol. The number of nitrogens with one attached hydrogen (secondary N) is 2. The molecule has 13 N–H and O–H groups in total. The minimum atomic E-state index is -1.44. The summed E-state index contributed by atoms with van der Waals surface area (Å²) in [5, 5.41) is 32.4. The van der Waals surface area contributed by atoms with Crippen LogP contribution in [-0.2, 0) is 14.0 Å². The Morgan fingerprint density at radius 1 is 0.649 bits per heavy atom. The van der Waals surface area contributed by atoms with Gasteiger partial charge in [-0.25, -0.2) is 44.3 Å². The number of halogens is 6. The fourth-order valence-corrected chi connectivity index (χ4v) is 8.44. The highest BCUT2D eigenvalue weighted by atomic mass is 35.5. The van der Waals surface area contributed by atoms with E-state index in [1.807, 2.05) is 120 Å². The number of aromatic nitrogens is 8. The molecule has 514 valence electrons. The average Bonchev–Trinajstić information content (AvgIpc) is 1.64. The molecule has 28 nitrogen and oxygen atoms in total. The number of hydrogen-bond donors (Lipinski definition) is 9. The molecule has 97 heavy (non-hydrogen) atoms. The van der Waals surface area contributed by atoms with Gasteiger partial charge in [0.15, 0.2) is 0 Å². The van der Waals surface area contributed by atoms with E-state index >= 15 is 0 Å². The van der Waals surface area contributed by atoms with E-state index in [4.69, 9.17) is 125 Å². The molecule has 36 heteroatoms. The first-order valence-corrected chi connectivity index (χ1v) is 30.1. The fourth-order valence-electron chi connectivity index (χ4n) is 7.33. The lowest BCUT2D eigenvalue weighted by atomic mass is 9.75. The molecule has 2 aliphatic heterocycles. The molecule has 6 heterocycles. The summed E-state index contributed by atoms with van der Waals surface area (Å²) in [5.41, 5.74) is 10.0. The average molecular weight is 1460 g/mol. The van der Waals surface area contributed by atoms with Crippen LogP contribution in [0.1, 0.15) is 96.3 Å². The van der Waals surface area contributed by atoms with Gasteiger partial charge in [-0.1, -0.05) is 77.8 Å². The topological polar surface area (TPSA) is 446 Å². The molecule has 0 spiro atoms. The van der Waals surface area contributed by atoms with Gasteiger partial charge in [0.25, 0.3) is 22.6 Å². The van der Waals surface area contributed by atoms with Gasteiger partial charge in [0, 0.05) is 50.6 Å². The van der Waals surface area contributed by atoms with Crippen LogP contribution in [0.15, 0.2) is 155 Å². The molecule has 0 saturated carbocycles.